The van der Waals surface area contributed by atoms with Crippen LogP contribution in [-0.2, 0) is 4.79 Å². The molecule has 2 heteroatoms. The van der Waals surface area contributed by atoms with Crippen molar-refractivity contribution in [3.8, 4) is 0 Å². The molecule has 15 heavy (non-hydrogen) atoms. The lowest BCUT2D eigenvalue weighted by Crippen LogP contribution is -2.26. The van der Waals surface area contributed by atoms with E-state index in [0.717, 1.165) is 38.5 Å². The number of aliphatic hydroxyl groups is 1. The zero-order valence-corrected chi connectivity index (χ0v) is 9.93. The lowest BCUT2D eigenvalue weighted by molar-refractivity contribution is -0.120. The molecule has 0 spiro atoms. The molecule has 0 aliphatic heterocycles. The van der Waals surface area contributed by atoms with Crippen LogP contribution in [-0.4, -0.2) is 16.5 Å². The summed E-state index contributed by atoms with van der Waals surface area (Å²) in [6.45, 7) is 1.94. The van der Waals surface area contributed by atoms with Gasteiger partial charge in [0.1, 0.15) is 5.78 Å². The lowest BCUT2D eigenvalue weighted by atomic mass is 9.87. The summed E-state index contributed by atoms with van der Waals surface area (Å²) in [5.41, 5.74) is -0.321. The Morgan fingerprint density at radius 3 is 1.67 bits per heavy atom. The van der Waals surface area contributed by atoms with Crippen molar-refractivity contribution in [3.63, 3.8) is 0 Å². The molecule has 2 aliphatic carbocycles. The summed E-state index contributed by atoms with van der Waals surface area (Å²) in [7, 11) is 0. The number of Topliss-reactive ketones (excluding diaryl/α,β-unsaturated/α-hetero) is 1. The van der Waals surface area contributed by atoms with Crippen LogP contribution in [0.4, 0.5) is 0 Å². The third-order valence-corrected chi connectivity index (χ3v) is 3.34. The molecule has 88 valence electrons. The maximum atomic E-state index is 10.5. The second-order valence-electron chi connectivity index (χ2n) is 5.16. The van der Waals surface area contributed by atoms with Crippen LogP contribution in [0.5, 0.6) is 0 Å². The molecule has 0 radical (unpaired) electrons. The van der Waals surface area contributed by atoms with Crippen molar-refractivity contribution in [2.45, 2.75) is 76.7 Å². The summed E-state index contributed by atoms with van der Waals surface area (Å²) in [6.07, 6.45) is 11.0. The second kappa shape index (κ2) is 6.26. The van der Waals surface area contributed by atoms with Crippen LogP contribution in [0.15, 0.2) is 0 Å². The molecule has 0 amide bonds. The van der Waals surface area contributed by atoms with Gasteiger partial charge in [-0.05, 0) is 32.6 Å². The van der Waals surface area contributed by atoms with Gasteiger partial charge in [0.2, 0.25) is 0 Å². The highest BCUT2D eigenvalue weighted by Crippen LogP contribution is 2.26. The Bertz CT molecular complexity index is 181. The van der Waals surface area contributed by atoms with E-state index in [4.69, 9.17) is 0 Å². The molecule has 0 bridgehead atoms. The van der Waals surface area contributed by atoms with Gasteiger partial charge in [-0.3, -0.25) is 4.79 Å². The number of ketones is 1. The van der Waals surface area contributed by atoms with Crippen LogP contribution in [0.3, 0.4) is 0 Å². The van der Waals surface area contributed by atoms with E-state index in [9.17, 15) is 9.90 Å². The maximum absolute atomic E-state index is 10.5. The van der Waals surface area contributed by atoms with Gasteiger partial charge in [-0.15, -0.1) is 0 Å². The van der Waals surface area contributed by atoms with E-state index in [1.54, 1.807) is 0 Å². The Kier molecular flexibility index (Phi) is 5.30. The third-order valence-electron chi connectivity index (χ3n) is 3.34. The Labute approximate surface area is 93.1 Å². The quantitative estimate of drug-likeness (QED) is 0.669. The van der Waals surface area contributed by atoms with Crippen LogP contribution in [0, 0.1) is 0 Å². The van der Waals surface area contributed by atoms with Crippen LogP contribution in [0.25, 0.3) is 0 Å². The first-order valence-electron chi connectivity index (χ1n) is 6.34. The van der Waals surface area contributed by atoms with E-state index in [0.29, 0.717) is 5.78 Å². The minimum absolute atomic E-state index is 0.321. The SMILES string of the molecule is CC1(O)CCCCC1.O=C1CCCCC1. The molecule has 0 atom stereocenters. The van der Waals surface area contributed by atoms with E-state index in [1.807, 2.05) is 6.92 Å². The number of rotatable bonds is 0. The van der Waals surface area contributed by atoms with Gasteiger partial charge in [0, 0.05) is 12.8 Å². The van der Waals surface area contributed by atoms with Crippen molar-refractivity contribution in [1.82, 2.24) is 0 Å². The molecule has 2 rings (SSSR count). The highest BCUT2D eigenvalue weighted by molar-refractivity contribution is 5.78. The van der Waals surface area contributed by atoms with Gasteiger partial charge in [-0.2, -0.15) is 0 Å². The van der Waals surface area contributed by atoms with Crippen molar-refractivity contribution in [3.05, 3.63) is 0 Å². The first-order valence-corrected chi connectivity index (χ1v) is 6.34. The van der Waals surface area contributed by atoms with Gasteiger partial charge in [-0.25, -0.2) is 0 Å². The Hall–Kier alpha value is -0.370. The molecule has 0 aromatic rings. The van der Waals surface area contributed by atoms with E-state index >= 15 is 0 Å². The van der Waals surface area contributed by atoms with Gasteiger partial charge >= 0.3 is 0 Å². The monoisotopic (exact) mass is 212 g/mol. The van der Waals surface area contributed by atoms with E-state index in [2.05, 4.69) is 0 Å². The predicted molar refractivity (Wildman–Crippen MR) is 61.8 cm³/mol. The molecule has 2 fully saturated rings. The van der Waals surface area contributed by atoms with Gasteiger partial charge in [0.05, 0.1) is 5.60 Å². The first-order chi connectivity index (χ1) is 7.10. The number of carbonyl (C=O) groups excluding carboxylic acids is 1. The smallest absolute Gasteiger partial charge is 0.132 e. The van der Waals surface area contributed by atoms with Crippen LogP contribution in [0.2, 0.25) is 0 Å². The van der Waals surface area contributed by atoms with Crippen molar-refractivity contribution < 1.29 is 9.90 Å². The summed E-state index contributed by atoms with van der Waals surface area (Å²) in [6, 6.07) is 0. The number of hydrogen-bond donors (Lipinski definition) is 1. The highest BCUT2D eigenvalue weighted by atomic mass is 16.3. The minimum Gasteiger partial charge on any atom is -0.390 e. The Morgan fingerprint density at radius 2 is 1.40 bits per heavy atom. The Balaban J connectivity index is 0.000000151. The second-order valence-corrected chi connectivity index (χ2v) is 5.16. The van der Waals surface area contributed by atoms with Crippen molar-refractivity contribution in [2.75, 3.05) is 0 Å². The standard InChI is InChI=1S/C7H14O.C6H10O/c1-7(8)5-3-2-4-6-7;7-6-4-2-1-3-5-6/h8H,2-6H2,1H3;1-5H2. The van der Waals surface area contributed by atoms with Crippen LogP contribution < -0.4 is 0 Å². The van der Waals surface area contributed by atoms with Crippen molar-refractivity contribution in [2.24, 2.45) is 0 Å². The number of hydrogen-bond acceptors (Lipinski definition) is 2. The van der Waals surface area contributed by atoms with E-state index in [1.165, 1.54) is 25.7 Å². The highest BCUT2D eigenvalue weighted by Gasteiger charge is 2.22. The molecular formula is C13H24O2. The fourth-order valence-corrected chi connectivity index (χ4v) is 2.26. The summed E-state index contributed by atoms with van der Waals surface area (Å²) < 4.78 is 0. The fraction of sp³-hybridized carbons (Fsp3) is 0.923. The molecule has 2 nitrogen and oxygen atoms in total. The average Bonchev–Trinajstić information content (AvgIpc) is 2.19. The summed E-state index contributed by atoms with van der Waals surface area (Å²) in [4.78, 5) is 10.5. The van der Waals surface area contributed by atoms with Crippen molar-refractivity contribution in [1.29, 1.82) is 0 Å². The van der Waals surface area contributed by atoms with Gasteiger partial charge in [0.15, 0.2) is 0 Å². The van der Waals surface area contributed by atoms with Gasteiger partial charge in [-0.1, -0.05) is 25.7 Å². The van der Waals surface area contributed by atoms with Gasteiger partial charge in [0.25, 0.3) is 0 Å². The molecule has 0 aromatic heterocycles. The van der Waals surface area contributed by atoms with Crippen molar-refractivity contribution >= 4 is 5.78 Å². The lowest BCUT2D eigenvalue weighted by Gasteiger charge is -2.27. The molecule has 0 heterocycles. The first kappa shape index (κ1) is 12.7. The Morgan fingerprint density at radius 1 is 0.933 bits per heavy atom. The van der Waals surface area contributed by atoms with E-state index < -0.39 is 0 Å². The van der Waals surface area contributed by atoms with Crippen LogP contribution >= 0.6 is 0 Å². The summed E-state index contributed by atoms with van der Waals surface area (Å²) in [5, 5.41) is 9.37. The molecule has 0 saturated heterocycles. The fourth-order valence-electron chi connectivity index (χ4n) is 2.26. The molecule has 0 unspecified atom stereocenters. The largest absolute Gasteiger partial charge is 0.390 e. The third kappa shape index (κ3) is 5.93. The predicted octanol–water partition coefficient (Wildman–Crippen LogP) is 3.22. The van der Waals surface area contributed by atoms with Gasteiger partial charge < -0.3 is 5.11 Å². The zero-order chi connectivity index (χ0) is 11.1. The van der Waals surface area contributed by atoms with E-state index in [-0.39, 0.29) is 5.60 Å². The summed E-state index contributed by atoms with van der Waals surface area (Å²) >= 11 is 0. The maximum Gasteiger partial charge on any atom is 0.132 e. The number of carbonyl (C=O) groups is 1. The van der Waals surface area contributed by atoms with Crippen LogP contribution in [0.1, 0.15) is 71.1 Å². The zero-order valence-electron chi connectivity index (χ0n) is 9.93. The molecule has 2 aliphatic rings. The molecule has 0 aromatic carbocycles. The summed E-state index contributed by atoms with van der Waals surface area (Å²) in [5.74, 6) is 0.464. The topological polar surface area (TPSA) is 37.3 Å². The average molecular weight is 212 g/mol. The molecule has 2 saturated carbocycles. The minimum atomic E-state index is -0.321. The normalized spacial score (nSPS) is 25.3. The molecule has 1 N–H and O–H groups in total. The molecular weight excluding hydrogens is 188 g/mol.